The van der Waals surface area contributed by atoms with Gasteiger partial charge in [-0.3, -0.25) is 0 Å². The van der Waals surface area contributed by atoms with Gasteiger partial charge in [-0.25, -0.2) is 8.78 Å². The maximum absolute atomic E-state index is 12.7. The van der Waals surface area contributed by atoms with Gasteiger partial charge in [-0.15, -0.1) is 0 Å². The van der Waals surface area contributed by atoms with Crippen LogP contribution in [0, 0.1) is 0 Å². The molecule has 6 heteroatoms. The van der Waals surface area contributed by atoms with Crippen molar-refractivity contribution in [1.29, 1.82) is 0 Å². The molecule has 0 aromatic heterocycles. The molecule has 0 saturated heterocycles. The Balaban J connectivity index is 2.55. The zero-order valence-electron chi connectivity index (χ0n) is 9.06. The Morgan fingerprint density at radius 1 is 1.24 bits per heavy atom. The molecule has 0 saturated carbocycles. The van der Waals surface area contributed by atoms with E-state index in [1.165, 1.54) is 0 Å². The first-order valence-corrected chi connectivity index (χ1v) is 5.77. The van der Waals surface area contributed by atoms with E-state index in [9.17, 15) is 17.6 Å². The van der Waals surface area contributed by atoms with Gasteiger partial charge >= 0.3 is 12.3 Å². The van der Waals surface area contributed by atoms with Gasteiger partial charge in [-0.1, -0.05) is 28.1 Å². The van der Waals surface area contributed by atoms with Crippen LogP contribution in [0.4, 0.5) is 17.6 Å². The molecule has 0 amide bonds. The molecule has 1 N–H and O–H groups in total. The Morgan fingerprint density at radius 2 is 1.76 bits per heavy atom. The average Bonchev–Trinajstić information content (AvgIpc) is 2.27. The molecular weight excluding hydrogens is 302 g/mol. The van der Waals surface area contributed by atoms with Crippen LogP contribution < -0.4 is 5.32 Å². The number of halogens is 5. The zero-order valence-corrected chi connectivity index (χ0v) is 10.6. The third-order valence-corrected chi connectivity index (χ3v) is 2.86. The molecule has 1 nitrogen and oxygen atoms in total. The largest absolute Gasteiger partial charge is 0.319 e. The van der Waals surface area contributed by atoms with E-state index in [1.807, 2.05) is 0 Å². The van der Waals surface area contributed by atoms with Crippen LogP contribution in [-0.4, -0.2) is 18.9 Å². The minimum absolute atomic E-state index is 0.410. The van der Waals surface area contributed by atoms with Gasteiger partial charge in [0.05, 0.1) is 6.54 Å². The maximum Gasteiger partial charge on any atom is 0.319 e. The summed E-state index contributed by atoms with van der Waals surface area (Å²) in [7, 11) is 0. The molecule has 17 heavy (non-hydrogen) atoms. The fourth-order valence-electron chi connectivity index (χ4n) is 1.24. The van der Waals surface area contributed by atoms with E-state index in [0.717, 1.165) is 10.0 Å². The molecular formula is C11H12BrF4N. The van der Waals surface area contributed by atoms with Crippen molar-refractivity contribution < 1.29 is 17.6 Å². The van der Waals surface area contributed by atoms with Gasteiger partial charge in [-0.05, 0) is 24.6 Å². The fraction of sp³-hybridized carbons (Fsp3) is 0.455. The topological polar surface area (TPSA) is 12.0 Å². The van der Waals surface area contributed by atoms with Crippen molar-refractivity contribution in [2.24, 2.45) is 0 Å². The number of alkyl halides is 4. The van der Waals surface area contributed by atoms with Crippen LogP contribution in [0.3, 0.4) is 0 Å². The summed E-state index contributed by atoms with van der Waals surface area (Å²) in [6, 6.07) is 6.59. The van der Waals surface area contributed by atoms with Crippen molar-refractivity contribution in [1.82, 2.24) is 5.32 Å². The number of rotatable bonds is 5. The van der Waals surface area contributed by atoms with Gasteiger partial charge in [0.15, 0.2) is 0 Å². The van der Waals surface area contributed by atoms with Crippen LogP contribution >= 0.6 is 15.9 Å². The Kier molecular flexibility index (Phi) is 4.94. The minimum atomic E-state index is -4.00. The van der Waals surface area contributed by atoms with Crippen molar-refractivity contribution in [2.75, 3.05) is 6.54 Å². The summed E-state index contributed by atoms with van der Waals surface area (Å²) in [5.74, 6) is -4.00. The van der Waals surface area contributed by atoms with E-state index in [2.05, 4.69) is 21.2 Å². The van der Waals surface area contributed by atoms with Gasteiger partial charge in [0, 0.05) is 10.5 Å². The lowest BCUT2D eigenvalue weighted by Crippen LogP contribution is -2.39. The molecule has 0 aliphatic heterocycles. The lowest BCUT2D eigenvalue weighted by molar-refractivity contribution is -0.126. The van der Waals surface area contributed by atoms with E-state index in [4.69, 9.17) is 0 Å². The van der Waals surface area contributed by atoms with Gasteiger partial charge in [0.2, 0.25) is 0 Å². The number of hydrogen-bond acceptors (Lipinski definition) is 1. The summed E-state index contributed by atoms with van der Waals surface area (Å²) >= 11 is 3.24. The lowest BCUT2D eigenvalue weighted by atomic mass is 10.1. The minimum Gasteiger partial charge on any atom is -0.304 e. The maximum atomic E-state index is 12.7. The fourth-order valence-corrected chi connectivity index (χ4v) is 1.50. The summed E-state index contributed by atoms with van der Waals surface area (Å²) in [5.41, 5.74) is 0.762. The van der Waals surface area contributed by atoms with E-state index in [-0.39, 0.29) is 0 Å². The quantitative estimate of drug-likeness (QED) is 0.810. The molecule has 0 aliphatic carbocycles. The molecule has 0 heterocycles. The normalized spacial score (nSPS) is 14.1. The number of nitrogens with one attached hydrogen (secondary N) is 1. The monoisotopic (exact) mass is 313 g/mol. The lowest BCUT2D eigenvalue weighted by Gasteiger charge is -2.20. The van der Waals surface area contributed by atoms with Gasteiger partial charge in [0.1, 0.15) is 0 Å². The third-order valence-electron chi connectivity index (χ3n) is 2.33. The number of hydrogen-bond donors (Lipinski definition) is 1. The SMILES string of the molecule is C[C@@H](NCC(F)(F)C(F)F)c1ccc(Br)cc1. The summed E-state index contributed by atoms with van der Waals surface area (Å²) in [4.78, 5) is 0. The highest BCUT2D eigenvalue weighted by molar-refractivity contribution is 9.10. The van der Waals surface area contributed by atoms with Crippen LogP contribution in [0.5, 0.6) is 0 Å². The molecule has 0 bridgehead atoms. The highest BCUT2D eigenvalue weighted by atomic mass is 79.9. The molecule has 0 radical (unpaired) electrons. The Hall–Kier alpha value is -0.620. The molecule has 0 aliphatic rings. The third kappa shape index (κ3) is 4.27. The van der Waals surface area contributed by atoms with Crippen LogP contribution in [0.1, 0.15) is 18.5 Å². The summed E-state index contributed by atoms with van der Waals surface area (Å²) in [5, 5.41) is 2.39. The van der Waals surface area contributed by atoms with Crippen LogP contribution in [0.15, 0.2) is 28.7 Å². The molecule has 1 aromatic carbocycles. The molecule has 1 rings (SSSR count). The molecule has 0 spiro atoms. The molecule has 0 unspecified atom stereocenters. The molecule has 1 aromatic rings. The smallest absolute Gasteiger partial charge is 0.304 e. The highest BCUT2D eigenvalue weighted by Gasteiger charge is 2.40. The summed E-state index contributed by atoms with van der Waals surface area (Å²) < 4.78 is 50.0. The van der Waals surface area contributed by atoms with Crippen LogP contribution in [-0.2, 0) is 0 Å². The first-order chi connectivity index (χ1) is 7.83. The summed E-state index contributed by atoms with van der Waals surface area (Å²) in [6.45, 7) is 0.604. The average molecular weight is 314 g/mol. The van der Waals surface area contributed by atoms with E-state index in [1.54, 1.807) is 31.2 Å². The van der Waals surface area contributed by atoms with Crippen molar-refractivity contribution in [3.8, 4) is 0 Å². The van der Waals surface area contributed by atoms with Crippen molar-refractivity contribution >= 4 is 15.9 Å². The Labute approximate surface area is 105 Å². The van der Waals surface area contributed by atoms with Gasteiger partial charge < -0.3 is 5.32 Å². The van der Waals surface area contributed by atoms with E-state index < -0.39 is 24.9 Å². The van der Waals surface area contributed by atoms with Gasteiger partial charge in [0.25, 0.3) is 0 Å². The Morgan fingerprint density at radius 3 is 2.24 bits per heavy atom. The van der Waals surface area contributed by atoms with Crippen LogP contribution in [0.25, 0.3) is 0 Å². The van der Waals surface area contributed by atoms with Crippen molar-refractivity contribution in [3.05, 3.63) is 34.3 Å². The van der Waals surface area contributed by atoms with Gasteiger partial charge in [-0.2, -0.15) is 8.78 Å². The molecule has 0 fully saturated rings. The molecule has 96 valence electrons. The molecule has 1 atom stereocenters. The van der Waals surface area contributed by atoms with Crippen molar-refractivity contribution in [2.45, 2.75) is 25.3 Å². The van der Waals surface area contributed by atoms with E-state index in [0.29, 0.717) is 0 Å². The first-order valence-electron chi connectivity index (χ1n) is 4.98. The summed E-state index contributed by atoms with van der Waals surface area (Å²) in [6.07, 6.45) is -3.65. The Bertz CT molecular complexity index is 353. The van der Waals surface area contributed by atoms with E-state index >= 15 is 0 Å². The van der Waals surface area contributed by atoms with Crippen LogP contribution in [0.2, 0.25) is 0 Å². The van der Waals surface area contributed by atoms with Crippen molar-refractivity contribution in [3.63, 3.8) is 0 Å². The second kappa shape index (κ2) is 5.82. The second-order valence-electron chi connectivity index (χ2n) is 3.72. The predicted octanol–water partition coefficient (Wildman–Crippen LogP) is 4.00. The second-order valence-corrected chi connectivity index (χ2v) is 4.63. The number of benzene rings is 1. The predicted molar refractivity (Wildman–Crippen MR) is 61.5 cm³/mol. The zero-order chi connectivity index (χ0) is 13.1. The first kappa shape index (κ1) is 14.4. The highest BCUT2D eigenvalue weighted by Crippen LogP contribution is 2.23. The standard InChI is InChI=1S/C11H12BrF4N/c1-7(8-2-4-9(12)5-3-8)17-6-11(15,16)10(13)14/h2-5,7,10,17H,6H2,1H3/t7-/m1/s1.